The molecule has 2 aromatic carbocycles. The second-order valence-corrected chi connectivity index (χ2v) is 6.55. The summed E-state index contributed by atoms with van der Waals surface area (Å²) in [5.74, 6) is -0.630. The number of ketones is 1. The Morgan fingerprint density at radius 1 is 1.13 bits per heavy atom. The number of nitrogens with zero attached hydrogens (tertiary/aromatic N) is 1. The summed E-state index contributed by atoms with van der Waals surface area (Å²) >= 11 is 15.3. The quantitative estimate of drug-likeness (QED) is 0.698. The fraction of sp³-hybridized carbons (Fsp3) is 0.125. The van der Waals surface area contributed by atoms with Gasteiger partial charge >= 0.3 is 0 Å². The minimum absolute atomic E-state index is 0.189. The van der Waals surface area contributed by atoms with Crippen LogP contribution in [0.2, 0.25) is 10.0 Å². The third kappa shape index (κ3) is 3.09. The Hall–Kier alpha value is -1.56. The molecule has 0 atom stereocenters. The summed E-state index contributed by atoms with van der Waals surface area (Å²) in [5.41, 5.74) is 0.981. The van der Waals surface area contributed by atoms with E-state index in [0.717, 1.165) is 4.47 Å². The number of amides is 1. The molecule has 0 radical (unpaired) electrons. The standard InChI is InChI=1S/C16H10BrCl2NO3/c17-9-4-5-12-10(8-9)15(21)16(22)20(12)6-7-23-13-3-1-2-11(18)14(13)19/h1-5,8H,6-7H2. The van der Waals surface area contributed by atoms with Gasteiger partial charge in [-0.15, -0.1) is 0 Å². The van der Waals surface area contributed by atoms with Crippen molar-refractivity contribution in [3.8, 4) is 5.75 Å². The predicted molar refractivity (Wildman–Crippen MR) is 92.8 cm³/mol. The first-order chi connectivity index (χ1) is 11.0. The maximum Gasteiger partial charge on any atom is 0.299 e. The maximum atomic E-state index is 12.1. The van der Waals surface area contributed by atoms with E-state index in [1.54, 1.807) is 36.4 Å². The number of halogens is 3. The van der Waals surface area contributed by atoms with Gasteiger partial charge in [-0.2, -0.15) is 0 Å². The van der Waals surface area contributed by atoms with Crippen molar-refractivity contribution in [1.29, 1.82) is 0 Å². The van der Waals surface area contributed by atoms with Crippen LogP contribution in [0.15, 0.2) is 40.9 Å². The maximum absolute atomic E-state index is 12.1. The molecular weight excluding hydrogens is 405 g/mol. The van der Waals surface area contributed by atoms with Crippen LogP contribution in [-0.2, 0) is 4.79 Å². The molecule has 118 valence electrons. The number of benzene rings is 2. The van der Waals surface area contributed by atoms with E-state index in [0.29, 0.717) is 27.0 Å². The molecular formula is C16H10BrCl2NO3. The van der Waals surface area contributed by atoms with Crippen LogP contribution in [0.3, 0.4) is 0 Å². The lowest BCUT2D eigenvalue weighted by Crippen LogP contribution is -2.33. The normalized spacial score (nSPS) is 13.4. The van der Waals surface area contributed by atoms with Gasteiger partial charge in [0.05, 0.1) is 22.8 Å². The largest absolute Gasteiger partial charge is 0.490 e. The molecule has 2 aromatic rings. The van der Waals surface area contributed by atoms with Crippen LogP contribution in [0.4, 0.5) is 5.69 Å². The second kappa shape index (κ2) is 6.51. The Balaban J connectivity index is 1.73. The van der Waals surface area contributed by atoms with E-state index in [1.165, 1.54) is 4.90 Å². The highest BCUT2D eigenvalue weighted by molar-refractivity contribution is 9.10. The van der Waals surface area contributed by atoms with Crippen LogP contribution in [0.5, 0.6) is 5.75 Å². The van der Waals surface area contributed by atoms with Crippen LogP contribution in [-0.4, -0.2) is 24.8 Å². The van der Waals surface area contributed by atoms with Gasteiger partial charge in [-0.05, 0) is 30.3 Å². The van der Waals surface area contributed by atoms with Crippen molar-refractivity contribution in [2.45, 2.75) is 0 Å². The number of hydrogen-bond donors (Lipinski definition) is 0. The molecule has 1 amide bonds. The van der Waals surface area contributed by atoms with Crippen LogP contribution in [0.1, 0.15) is 10.4 Å². The van der Waals surface area contributed by atoms with Gasteiger partial charge in [0.25, 0.3) is 11.7 Å². The molecule has 0 saturated heterocycles. The van der Waals surface area contributed by atoms with Crippen molar-refractivity contribution in [2.24, 2.45) is 0 Å². The van der Waals surface area contributed by atoms with Gasteiger partial charge in [-0.25, -0.2) is 0 Å². The smallest absolute Gasteiger partial charge is 0.299 e. The van der Waals surface area contributed by atoms with Crippen LogP contribution in [0, 0.1) is 0 Å². The predicted octanol–water partition coefficient (Wildman–Crippen LogP) is 4.36. The Morgan fingerprint density at radius 3 is 2.70 bits per heavy atom. The lowest BCUT2D eigenvalue weighted by molar-refractivity contribution is -0.114. The molecule has 1 aliphatic rings. The van der Waals surface area contributed by atoms with Crippen molar-refractivity contribution in [1.82, 2.24) is 0 Å². The molecule has 0 N–H and O–H groups in total. The van der Waals surface area contributed by atoms with E-state index < -0.39 is 11.7 Å². The van der Waals surface area contributed by atoms with E-state index in [9.17, 15) is 9.59 Å². The summed E-state index contributed by atoms with van der Waals surface area (Å²) in [6.07, 6.45) is 0. The molecule has 4 nitrogen and oxygen atoms in total. The first kappa shape index (κ1) is 16.3. The van der Waals surface area contributed by atoms with Gasteiger partial charge in [-0.3, -0.25) is 9.59 Å². The molecule has 3 rings (SSSR count). The topological polar surface area (TPSA) is 46.6 Å². The number of carbonyl (C=O) groups excluding carboxylic acids is 2. The molecule has 0 bridgehead atoms. The van der Waals surface area contributed by atoms with Crippen LogP contribution >= 0.6 is 39.1 Å². The lowest BCUT2D eigenvalue weighted by atomic mass is 10.1. The van der Waals surface area contributed by atoms with Crippen molar-refractivity contribution in [2.75, 3.05) is 18.1 Å². The van der Waals surface area contributed by atoms with Gasteiger partial charge in [0, 0.05) is 4.47 Å². The zero-order chi connectivity index (χ0) is 16.6. The summed E-state index contributed by atoms with van der Waals surface area (Å²) < 4.78 is 6.32. The van der Waals surface area contributed by atoms with Crippen molar-refractivity contribution < 1.29 is 14.3 Å². The van der Waals surface area contributed by atoms with Crippen LogP contribution < -0.4 is 9.64 Å². The second-order valence-electron chi connectivity index (χ2n) is 4.85. The molecule has 1 aliphatic heterocycles. The zero-order valence-electron chi connectivity index (χ0n) is 11.7. The number of anilines is 1. The average molecular weight is 415 g/mol. The summed E-state index contributed by atoms with van der Waals surface area (Å²) in [4.78, 5) is 25.5. The molecule has 0 spiro atoms. The molecule has 23 heavy (non-hydrogen) atoms. The van der Waals surface area contributed by atoms with Crippen LogP contribution in [0.25, 0.3) is 0 Å². The van der Waals surface area contributed by atoms with Crippen molar-refractivity contribution in [3.63, 3.8) is 0 Å². The monoisotopic (exact) mass is 413 g/mol. The highest BCUT2D eigenvalue weighted by atomic mass is 79.9. The Kier molecular flexibility index (Phi) is 4.62. The summed E-state index contributed by atoms with van der Waals surface area (Å²) in [5, 5.41) is 0.717. The lowest BCUT2D eigenvalue weighted by Gasteiger charge is -2.17. The third-order valence-electron chi connectivity index (χ3n) is 3.42. The van der Waals surface area contributed by atoms with Gasteiger partial charge in [0.15, 0.2) is 0 Å². The fourth-order valence-electron chi connectivity index (χ4n) is 2.34. The van der Waals surface area contributed by atoms with Gasteiger partial charge in [0.1, 0.15) is 17.4 Å². The number of Topliss-reactive ketones (excluding diaryl/α,β-unsaturated/α-hetero) is 1. The number of carbonyl (C=O) groups is 2. The molecule has 7 heteroatoms. The third-order valence-corrected chi connectivity index (χ3v) is 4.72. The average Bonchev–Trinajstić information content (AvgIpc) is 2.76. The summed E-state index contributed by atoms with van der Waals surface area (Å²) in [7, 11) is 0. The van der Waals surface area contributed by atoms with E-state index in [2.05, 4.69) is 15.9 Å². The van der Waals surface area contributed by atoms with E-state index in [1.807, 2.05) is 0 Å². The SMILES string of the molecule is O=C1C(=O)N(CCOc2cccc(Cl)c2Cl)c2ccc(Br)cc21. The highest BCUT2D eigenvalue weighted by Crippen LogP contribution is 2.33. The number of rotatable bonds is 4. The highest BCUT2D eigenvalue weighted by Gasteiger charge is 2.35. The molecule has 0 fully saturated rings. The Labute approximate surface area is 151 Å². The first-order valence-corrected chi connectivity index (χ1v) is 8.26. The molecule has 0 saturated carbocycles. The van der Waals surface area contributed by atoms with Crippen molar-refractivity contribution in [3.05, 3.63) is 56.5 Å². The van der Waals surface area contributed by atoms with Gasteiger partial charge in [0.2, 0.25) is 0 Å². The van der Waals surface area contributed by atoms with E-state index >= 15 is 0 Å². The molecule has 0 aromatic heterocycles. The minimum atomic E-state index is -0.557. The van der Waals surface area contributed by atoms with Gasteiger partial charge < -0.3 is 9.64 Å². The number of ether oxygens (including phenoxy) is 1. The molecule has 0 aliphatic carbocycles. The zero-order valence-corrected chi connectivity index (χ0v) is 14.8. The van der Waals surface area contributed by atoms with Crippen molar-refractivity contribution >= 4 is 56.5 Å². The Morgan fingerprint density at radius 2 is 1.91 bits per heavy atom. The van der Waals surface area contributed by atoms with E-state index in [-0.39, 0.29) is 13.2 Å². The molecule has 0 unspecified atom stereocenters. The Bertz CT molecular complexity index is 810. The molecule has 1 heterocycles. The number of fused-ring (bicyclic) bond motifs is 1. The van der Waals surface area contributed by atoms with Gasteiger partial charge in [-0.1, -0.05) is 45.2 Å². The number of hydrogen-bond acceptors (Lipinski definition) is 3. The summed E-state index contributed by atoms with van der Waals surface area (Å²) in [6, 6.07) is 10.2. The summed E-state index contributed by atoms with van der Waals surface area (Å²) in [6.45, 7) is 0.427. The first-order valence-electron chi connectivity index (χ1n) is 6.71. The minimum Gasteiger partial charge on any atom is -0.490 e. The fourth-order valence-corrected chi connectivity index (χ4v) is 3.04. The van der Waals surface area contributed by atoms with E-state index in [4.69, 9.17) is 27.9 Å².